The van der Waals surface area contributed by atoms with E-state index in [0.717, 1.165) is 22.1 Å². The number of furan rings is 1. The molecule has 0 unspecified atom stereocenters. The molecule has 32 heavy (non-hydrogen) atoms. The first kappa shape index (κ1) is 24.0. The van der Waals surface area contributed by atoms with E-state index in [9.17, 15) is 9.59 Å². The smallest absolute Gasteiger partial charge is 0.242 e. The van der Waals surface area contributed by atoms with Gasteiger partial charge in [-0.3, -0.25) is 20.4 Å². The molecule has 0 aliphatic heterocycles. The second-order valence-corrected chi connectivity index (χ2v) is 8.76. The van der Waals surface area contributed by atoms with Crippen LogP contribution in [0.2, 0.25) is 10.0 Å². The molecule has 6 nitrogen and oxygen atoms in total. The van der Waals surface area contributed by atoms with Gasteiger partial charge in [0.2, 0.25) is 11.8 Å². The molecule has 1 aromatic heterocycles. The van der Waals surface area contributed by atoms with Crippen LogP contribution in [0, 0.1) is 6.92 Å². The Bertz CT molecular complexity index is 1120. The molecule has 0 atom stereocenters. The summed E-state index contributed by atoms with van der Waals surface area (Å²) in [5.41, 5.74) is 8.79. The third-order valence-electron chi connectivity index (χ3n) is 5.06. The van der Waals surface area contributed by atoms with E-state index in [1.807, 2.05) is 13.0 Å². The molecule has 0 bridgehead atoms. The van der Waals surface area contributed by atoms with E-state index in [4.69, 9.17) is 32.4 Å². The van der Waals surface area contributed by atoms with Crippen LogP contribution in [-0.4, -0.2) is 18.4 Å². The summed E-state index contributed by atoms with van der Waals surface area (Å²) in [4.78, 5) is 24.3. The maximum atomic E-state index is 12.3. The first-order chi connectivity index (χ1) is 15.2. The quantitative estimate of drug-likeness (QED) is 0.321. The van der Waals surface area contributed by atoms with Crippen LogP contribution in [0.5, 0.6) is 5.75 Å². The second kappa shape index (κ2) is 10.7. The third-order valence-corrected chi connectivity index (χ3v) is 5.59. The van der Waals surface area contributed by atoms with Crippen molar-refractivity contribution in [3.63, 3.8) is 0 Å². The van der Waals surface area contributed by atoms with Gasteiger partial charge < -0.3 is 9.15 Å². The average Bonchev–Trinajstić information content (AvgIpc) is 3.11. The van der Waals surface area contributed by atoms with E-state index in [1.165, 1.54) is 5.56 Å². The summed E-state index contributed by atoms with van der Waals surface area (Å²) in [7, 11) is 0. The number of rotatable bonds is 8. The summed E-state index contributed by atoms with van der Waals surface area (Å²) in [6.45, 7) is 6.62. The van der Waals surface area contributed by atoms with Gasteiger partial charge in [0, 0.05) is 22.4 Å². The topological polar surface area (TPSA) is 80.6 Å². The Morgan fingerprint density at radius 1 is 1.09 bits per heavy atom. The summed E-state index contributed by atoms with van der Waals surface area (Å²) in [5, 5.41) is 1.85. The average molecular weight is 477 g/mol. The zero-order valence-corrected chi connectivity index (χ0v) is 19.8. The number of hydrogen-bond acceptors (Lipinski definition) is 4. The molecule has 2 N–H and O–H groups in total. The Kier molecular flexibility index (Phi) is 8.04. The van der Waals surface area contributed by atoms with Crippen molar-refractivity contribution in [1.82, 2.24) is 10.9 Å². The van der Waals surface area contributed by atoms with Gasteiger partial charge in [0.05, 0.1) is 24.3 Å². The summed E-state index contributed by atoms with van der Waals surface area (Å²) in [6, 6.07) is 9.02. The van der Waals surface area contributed by atoms with E-state index in [0.29, 0.717) is 34.7 Å². The van der Waals surface area contributed by atoms with Gasteiger partial charge in [-0.1, -0.05) is 37.0 Å². The molecule has 2 amide bonds. The van der Waals surface area contributed by atoms with Crippen molar-refractivity contribution >= 4 is 46.0 Å². The van der Waals surface area contributed by atoms with Crippen molar-refractivity contribution in [1.29, 1.82) is 0 Å². The predicted octanol–water partition coefficient (Wildman–Crippen LogP) is 5.72. The van der Waals surface area contributed by atoms with Crippen LogP contribution in [0.4, 0.5) is 0 Å². The maximum Gasteiger partial charge on any atom is 0.242 e. The standard InChI is InChI=1S/C24H26Cl2N2O4/c1-14(2)18-12-19-16(13-32-22(19)9-15(18)3)10-24(30)28-27-23(29)5-4-8-31-21-7-6-17(25)11-20(21)26/h6-7,9,11-14H,4-5,8,10H2,1-3H3,(H,27,29)(H,28,30). The van der Waals surface area contributed by atoms with Gasteiger partial charge in [-0.2, -0.15) is 0 Å². The minimum absolute atomic E-state index is 0.103. The summed E-state index contributed by atoms with van der Waals surface area (Å²) in [6.07, 6.45) is 2.35. The van der Waals surface area contributed by atoms with Gasteiger partial charge in [0.1, 0.15) is 11.3 Å². The number of aryl methyl sites for hydroxylation is 1. The van der Waals surface area contributed by atoms with Crippen LogP contribution in [0.1, 0.15) is 49.3 Å². The first-order valence-electron chi connectivity index (χ1n) is 10.4. The van der Waals surface area contributed by atoms with Crippen molar-refractivity contribution in [2.24, 2.45) is 0 Å². The highest BCUT2D eigenvalue weighted by Crippen LogP contribution is 2.29. The minimum Gasteiger partial charge on any atom is -0.492 e. The number of ether oxygens (including phenoxy) is 1. The lowest BCUT2D eigenvalue weighted by Gasteiger charge is -2.10. The van der Waals surface area contributed by atoms with Gasteiger partial charge in [-0.25, -0.2) is 0 Å². The lowest BCUT2D eigenvalue weighted by molar-refractivity contribution is -0.128. The number of halogens is 2. The van der Waals surface area contributed by atoms with Crippen molar-refractivity contribution in [2.45, 2.75) is 46.0 Å². The Morgan fingerprint density at radius 3 is 2.56 bits per heavy atom. The number of benzene rings is 2. The lowest BCUT2D eigenvalue weighted by atomic mass is 9.95. The zero-order valence-electron chi connectivity index (χ0n) is 18.3. The van der Waals surface area contributed by atoms with Gasteiger partial charge in [0.15, 0.2) is 0 Å². The molecule has 2 aromatic carbocycles. The molecule has 8 heteroatoms. The molecule has 3 aromatic rings. The van der Waals surface area contributed by atoms with Crippen LogP contribution in [0.15, 0.2) is 41.0 Å². The highest BCUT2D eigenvalue weighted by molar-refractivity contribution is 6.35. The Labute approximate surface area is 197 Å². The van der Waals surface area contributed by atoms with Crippen LogP contribution >= 0.6 is 23.2 Å². The molecule has 0 spiro atoms. The number of carbonyl (C=O) groups is 2. The summed E-state index contributed by atoms with van der Waals surface area (Å²) in [5.74, 6) is 0.249. The van der Waals surface area contributed by atoms with E-state index in [1.54, 1.807) is 24.5 Å². The normalized spacial score (nSPS) is 11.1. The number of carbonyl (C=O) groups excluding carboxylic acids is 2. The molecule has 0 saturated carbocycles. The molecular formula is C24H26Cl2N2O4. The van der Waals surface area contributed by atoms with Crippen LogP contribution in [0.3, 0.4) is 0 Å². The summed E-state index contributed by atoms with van der Waals surface area (Å²) < 4.78 is 11.2. The second-order valence-electron chi connectivity index (χ2n) is 7.92. The van der Waals surface area contributed by atoms with Gasteiger partial charge in [-0.15, -0.1) is 0 Å². The molecule has 0 aliphatic carbocycles. The van der Waals surface area contributed by atoms with E-state index in [-0.39, 0.29) is 24.7 Å². The number of hydrogen-bond donors (Lipinski definition) is 2. The fourth-order valence-electron chi connectivity index (χ4n) is 3.43. The van der Waals surface area contributed by atoms with Crippen molar-refractivity contribution in [3.8, 4) is 5.75 Å². The molecule has 0 radical (unpaired) electrons. The third kappa shape index (κ3) is 6.17. The lowest BCUT2D eigenvalue weighted by Crippen LogP contribution is -2.42. The largest absolute Gasteiger partial charge is 0.492 e. The van der Waals surface area contributed by atoms with Crippen molar-refractivity contribution in [3.05, 3.63) is 63.3 Å². The van der Waals surface area contributed by atoms with E-state index >= 15 is 0 Å². The van der Waals surface area contributed by atoms with Gasteiger partial charge in [0.25, 0.3) is 0 Å². The summed E-state index contributed by atoms with van der Waals surface area (Å²) >= 11 is 11.9. The van der Waals surface area contributed by atoms with Gasteiger partial charge in [-0.05, 0) is 60.7 Å². The number of nitrogens with one attached hydrogen (secondary N) is 2. The fourth-order valence-corrected chi connectivity index (χ4v) is 3.89. The van der Waals surface area contributed by atoms with Crippen LogP contribution in [0.25, 0.3) is 11.0 Å². The first-order valence-corrected chi connectivity index (χ1v) is 11.2. The van der Waals surface area contributed by atoms with E-state index in [2.05, 4.69) is 30.8 Å². The molecule has 0 saturated heterocycles. The maximum absolute atomic E-state index is 12.3. The Morgan fingerprint density at radius 2 is 1.84 bits per heavy atom. The highest BCUT2D eigenvalue weighted by atomic mass is 35.5. The molecule has 1 heterocycles. The number of hydrazine groups is 1. The number of fused-ring (bicyclic) bond motifs is 1. The Hall–Kier alpha value is -2.70. The van der Waals surface area contributed by atoms with Crippen molar-refractivity contribution in [2.75, 3.05) is 6.61 Å². The minimum atomic E-state index is -0.322. The van der Waals surface area contributed by atoms with Crippen LogP contribution in [-0.2, 0) is 16.0 Å². The van der Waals surface area contributed by atoms with E-state index < -0.39 is 0 Å². The van der Waals surface area contributed by atoms with Crippen molar-refractivity contribution < 1.29 is 18.7 Å². The molecule has 0 aliphatic rings. The number of amides is 2. The molecule has 170 valence electrons. The highest BCUT2D eigenvalue weighted by Gasteiger charge is 2.14. The van der Waals surface area contributed by atoms with Crippen LogP contribution < -0.4 is 15.6 Å². The monoisotopic (exact) mass is 476 g/mol. The molecular weight excluding hydrogens is 451 g/mol. The molecule has 0 fully saturated rings. The SMILES string of the molecule is Cc1cc2occ(CC(=O)NNC(=O)CCCOc3ccc(Cl)cc3Cl)c2cc1C(C)C. The fraction of sp³-hybridized carbons (Fsp3) is 0.333. The molecule has 3 rings (SSSR count). The Balaban J connectivity index is 1.44. The zero-order chi connectivity index (χ0) is 23.3. The predicted molar refractivity (Wildman–Crippen MR) is 126 cm³/mol. The van der Waals surface area contributed by atoms with Gasteiger partial charge >= 0.3 is 0 Å².